The SMILES string of the molecule is O=C(Nc1ncccc1O)c1oc2ccccc2c1COc1ccccc1. The number of amides is 1. The molecular formula is C21H16N2O4. The number of benzene rings is 2. The molecule has 4 aromatic rings. The number of hydrogen-bond acceptors (Lipinski definition) is 5. The molecule has 0 unspecified atom stereocenters. The van der Waals surface area contributed by atoms with Crippen LogP contribution in [0.2, 0.25) is 0 Å². The summed E-state index contributed by atoms with van der Waals surface area (Å²) in [6.45, 7) is 0.165. The first kappa shape index (κ1) is 16.7. The van der Waals surface area contributed by atoms with Crippen LogP contribution in [0.25, 0.3) is 11.0 Å². The van der Waals surface area contributed by atoms with Crippen molar-refractivity contribution in [3.05, 3.63) is 84.3 Å². The molecule has 0 saturated carbocycles. The molecule has 0 fully saturated rings. The number of furan rings is 1. The van der Waals surface area contributed by atoms with E-state index in [4.69, 9.17) is 9.15 Å². The Morgan fingerprint density at radius 2 is 1.81 bits per heavy atom. The van der Waals surface area contributed by atoms with Gasteiger partial charge in [-0.2, -0.15) is 0 Å². The van der Waals surface area contributed by atoms with Crippen molar-refractivity contribution in [1.82, 2.24) is 4.98 Å². The van der Waals surface area contributed by atoms with Crippen molar-refractivity contribution in [3.8, 4) is 11.5 Å². The molecule has 2 aromatic carbocycles. The minimum Gasteiger partial charge on any atom is -0.504 e. The van der Waals surface area contributed by atoms with E-state index in [0.717, 1.165) is 5.39 Å². The molecule has 134 valence electrons. The first-order valence-corrected chi connectivity index (χ1v) is 8.36. The maximum absolute atomic E-state index is 12.8. The molecule has 2 heterocycles. The summed E-state index contributed by atoms with van der Waals surface area (Å²) in [5.74, 6) is 0.252. The Bertz CT molecular complexity index is 1090. The van der Waals surface area contributed by atoms with E-state index >= 15 is 0 Å². The van der Waals surface area contributed by atoms with Gasteiger partial charge in [-0.15, -0.1) is 0 Å². The maximum Gasteiger partial charge on any atom is 0.293 e. The van der Waals surface area contributed by atoms with Crippen LogP contribution >= 0.6 is 0 Å². The Labute approximate surface area is 155 Å². The first-order chi connectivity index (χ1) is 13.2. The van der Waals surface area contributed by atoms with Crippen LogP contribution < -0.4 is 10.1 Å². The summed E-state index contributed by atoms with van der Waals surface area (Å²) < 4.78 is 11.6. The summed E-state index contributed by atoms with van der Waals surface area (Å²) in [7, 11) is 0. The van der Waals surface area contributed by atoms with Gasteiger partial charge in [-0.3, -0.25) is 4.79 Å². The molecule has 1 amide bonds. The van der Waals surface area contributed by atoms with Crippen LogP contribution in [-0.4, -0.2) is 16.0 Å². The van der Waals surface area contributed by atoms with Crippen LogP contribution in [0.4, 0.5) is 5.82 Å². The predicted octanol–water partition coefficient (Wildman–Crippen LogP) is 4.36. The van der Waals surface area contributed by atoms with E-state index in [1.807, 2.05) is 48.5 Å². The Kier molecular flexibility index (Phi) is 4.45. The number of fused-ring (bicyclic) bond motifs is 1. The zero-order chi connectivity index (χ0) is 18.6. The molecule has 0 saturated heterocycles. The van der Waals surface area contributed by atoms with E-state index in [-0.39, 0.29) is 23.9 Å². The van der Waals surface area contributed by atoms with Gasteiger partial charge in [0.15, 0.2) is 17.3 Å². The number of carbonyl (C=O) groups is 1. The van der Waals surface area contributed by atoms with Crippen molar-refractivity contribution in [2.75, 3.05) is 5.32 Å². The molecule has 0 spiro atoms. The molecule has 6 nitrogen and oxygen atoms in total. The van der Waals surface area contributed by atoms with E-state index in [1.54, 1.807) is 12.1 Å². The van der Waals surface area contributed by atoms with Crippen molar-refractivity contribution < 1.29 is 19.1 Å². The molecule has 0 aliphatic heterocycles. The van der Waals surface area contributed by atoms with Crippen molar-refractivity contribution in [3.63, 3.8) is 0 Å². The fourth-order valence-electron chi connectivity index (χ4n) is 2.76. The van der Waals surface area contributed by atoms with Crippen molar-refractivity contribution in [2.24, 2.45) is 0 Å². The number of aromatic hydroxyl groups is 1. The highest BCUT2D eigenvalue weighted by atomic mass is 16.5. The van der Waals surface area contributed by atoms with Crippen LogP contribution in [0, 0.1) is 0 Å². The number of anilines is 1. The summed E-state index contributed by atoms with van der Waals surface area (Å²) in [6, 6.07) is 19.7. The predicted molar refractivity (Wildman–Crippen MR) is 101 cm³/mol. The van der Waals surface area contributed by atoms with Gasteiger partial charge in [-0.05, 0) is 30.3 Å². The van der Waals surface area contributed by atoms with Crippen molar-refractivity contribution >= 4 is 22.7 Å². The van der Waals surface area contributed by atoms with Gasteiger partial charge in [0.05, 0.1) is 0 Å². The summed E-state index contributed by atoms with van der Waals surface area (Å²) in [6.07, 6.45) is 1.48. The first-order valence-electron chi connectivity index (χ1n) is 8.36. The number of pyridine rings is 1. The zero-order valence-electron chi connectivity index (χ0n) is 14.3. The highest BCUT2D eigenvalue weighted by Gasteiger charge is 2.22. The molecule has 4 rings (SSSR count). The third-order valence-corrected chi connectivity index (χ3v) is 4.05. The van der Waals surface area contributed by atoms with Crippen molar-refractivity contribution in [2.45, 2.75) is 6.61 Å². The number of rotatable bonds is 5. The number of para-hydroxylation sites is 2. The molecule has 0 aliphatic carbocycles. The van der Waals surface area contributed by atoms with Gasteiger partial charge in [0.1, 0.15) is 17.9 Å². The molecule has 0 radical (unpaired) electrons. The largest absolute Gasteiger partial charge is 0.504 e. The average Bonchev–Trinajstić information content (AvgIpc) is 3.08. The summed E-state index contributed by atoms with van der Waals surface area (Å²) in [4.78, 5) is 16.7. The quantitative estimate of drug-likeness (QED) is 0.552. The fourth-order valence-corrected chi connectivity index (χ4v) is 2.76. The molecule has 2 N–H and O–H groups in total. The van der Waals surface area contributed by atoms with E-state index in [9.17, 15) is 9.90 Å². The number of nitrogens with one attached hydrogen (secondary N) is 1. The summed E-state index contributed by atoms with van der Waals surface area (Å²) in [5.41, 5.74) is 1.21. The van der Waals surface area contributed by atoms with Crippen LogP contribution in [0.1, 0.15) is 16.1 Å². The lowest BCUT2D eigenvalue weighted by Crippen LogP contribution is -2.14. The lowest BCUT2D eigenvalue weighted by atomic mass is 10.1. The Balaban J connectivity index is 1.67. The smallest absolute Gasteiger partial charge is 0.293 e. The molecule has 0 bridgehead atoms. The minimum atomic E-state index is -0.508. The number of hydrogen-bond donors (Lipinski definition) is 2. The number of nitrogens with zero attached hydrogens (tertiary/aromatic N) is 1. The third-order valence-electron chi connectivity index (χ3n) is 4.05. The van der Waals surface area contributed by atoms with Gasteiger partial charge >= 0.3 is 0 Å². The van der Waals surface area contributed by atoms with Crippen molar-refractivity contribution in [1.29, 1.82) is 0 Å². The second-order valence-corrected chi connectivity index (χ2v) is 5.83. The second-order valence-electron chi connectivity index (χ2n) is 5.83. The Hall–Kier alpha value is -3.80. The lowest BCUT2D eigenvalue weighted by Gasteiger charge is -2.08. The van der Waals surface area contributed by atoms with Crippen LogP contribution in [0.15, 0.2) is 77.3 Å². The highest BCUT2D eigenvalue weighted by Crippen LogP contribution is 2.28. The molecular weight excluding hydrogens is 344 g/mol. The lowest BCUT2D eigenvalue weighted by molar-refractivity contribution is 0.0994. The van der Waals surface area contributed by atoms with E-state index in [0.29, 0.717) is 16.9 Å². The Morgan fingerprint density at radius 1 is 1.04 bits per heavy atom. The standard InChI is InChI=1S/C21H16N2O4/c24-17-10-6-12-22-20(17)23-21(25)19-16(13-26-14-7-2-1-3-8-14)15-9-4-5-11-18(15)27-19/h1-12,24H,13H2,(H,22,23,25). The molecule has 2 aromatic heterocycles. The van der Waals surface area contributed by atoms with Gasteiger partial charge in [-0.1, -0.05) is 36.4 Å². The minimum absolute atomic E-state index is 0.0675. The third kappa shape index (κ3) is 3.46. The number of aromatic nitrogens is 1. The van der Waals surface area contributed by atoms with Gasteiger partial charge in [0.2, 0.25) is 0 Å². The monoisotopic (exact) mass is 360 g/mol. The van der Waals surface area contributed by atoms with E-state index < -0.39 is 5.91 Å². The Morgan fingerprint density at radius 3 is 2.63 bits per heavy atom. The maximum atomic E-state index is 12.8. The van der Waals surface area contributed by atoms with E-state index in [2.05, 4.69) is 10.3 Å². The normalized spacial score (nSPS) is 10.7. The van der Waals surface area contributed by atoms with Gasteiger partial charge in [-0.25, -0.2) is 4.98 Å². The zero-order valence-corrected chi connectivity index (χ0v) is 14.3. The van der Waals surface area contributed by atoms with Gasteiger partial charge in [0, 0.05) is 17.1 Å². The molecule has 27 heavy (non-hydrogen) atoms. The van der Waals surface area contributed by atoms with Crippen LogP contribution in [0.3, 0.4) is 0 Å². The van der Waals surface area contributed by atoms with Gasteiger partial charge < -0.3 is 19.6 Å². The highest BCUT2D eigenvalue weighted by molar-refractivity contribution is 6.06. The second kappa shape index (κ2) is 7.21. The molecule has 6 heteroatoms. The fraction of sp³-hybridized carbons (Fsp3) is 0.0476. The summed E-state index contributed by atoms with van der Waals surface area (Å²) >= 11 is 0. The van der Waals surface area contributed by atoms with E-state index in [1.165, 1.54) is 12.3 Å². The van der Waals surface area contributed by atoms with Crippen LogP contribution in [0.5, 0.6) is 11.5 Å². The topological polar surface area (TPSA) is 84.6 Å². The van der Waals surface area contributed by atoms with Gasteiger partial charge in [0.25, 0.3) is 5.91 Å². The van der Waals surface area contributed by atoms with Crippen LogP contribution in [-0.2, 0) is 6.61 Å². The average molecular weight is 360 g/mol. The number of ether oxygens (including phenoxy) is 1. The number of carbonyl (C=O) groups excluding carboxylic acids is 1. The molecule has 0 aliphatic rings. The molecule has 0 atom stereocenters. The summed E-state index contributed by atoms with van der Waals surface area (Å²) in [5, 5.41) is 13.2.